The molecule has 0 aliphatic rings. The molecule has 0 atom stereocenters. The fourth-order valence-electron chi connectivity index (χ4n) is 1.26. The topological polar surface area (TPSA) is 65.2 Å². The minimum absolute atomic E-state index is 0.0629. The summed E-state index contributed by atoms with van der Waals surface area (Å²) in [6.07, 6.45) is 0. The second kappa shape index (κ2) is 4.61. The van der Waals surface area contributed by atoms with Crippen molar-refractivity contribution >= 4 is 11.4 Å². The van der Waals surface area contributed by atoms with Crippen molar-refractivity contribution in [2.75, 3.05) is 0 Å². The zero-order valence-electron chi connectivity index (χ0n) is 8.71. The van der Waals surface area contributed by atoms with Crippen molar-refractivity contribution in [3.8, 4) is 11.5 Å². The molecule has 86 valence electrons. The molecule has 0 aliphatic heterocycles. The summed E-state index contributed by atoms with van der Waals surface area (Å²) in [5.74, 6) is -1.04. The van der Waals surface area contributed by atoms with Crippen molar-refractivity contribution in [3.63, 3.8) is 0 Å². The summed E-state index contributed by atoms with van der Waals surface area (Å²) in [7, 11) is 0. The molecular weight excluding hydrogens is 223 g/mol. The van der Waals surface area contributed by atoms with E-state index in [1.54, 1.807) is 12.1 Å². The molecule has 0 saturated heterocycles. The number of hydrogen-bond acceptors (Lipinski definition) is 4. The van der Waals surface area contributed by atoms with Crippen LogP contribution in [-0.2, 0) is 0 Å². The van der Waals surface area contributed by atoms with Gasteiger partial charge in [-0.05, 0) is 24.3 Å². The van der Waals surface area contributed by atoms with Crippen LogP contribution in [0.5, 0.6) is 11.5 Å². The first-order chi connectivity index (χ1) is 8.18. The number of aromatic hydroxyl groups is 2. The lowest BCUT2D eigenvalue weighted by Gasteiger charge is -1.99. The number of para-hydroxylation sites is 1. The van der Waals surface area contributed by atoms with Crippen LogP contribution in [0.15, 0.2) is 52.7 Å². The molecule has 0 amide bonds. The number of benzene rings is 2. The summed E-state index contributed by atoms with van der Waals surface area (Å²) in [4.78, 5) is 0. The van der Waals surface area contributed by atoms with Crippen molar-refractivity contribution in [2.24, 2.45) is 10.2 Å². The normalized spacial score (nSPS) is 10.9. The SMILES string of the molecule is Oc1ccccc1N=Nc1c(O)cccc1F. The number of nitrogens with zero attached hydrogens (tertiary/aromatic N) is 2. The number of halogens is 1. The maximum Gasteiger partial charge on any atom is 0.163 e. The van der Waals surface area contributed by atoms with E-state index >= 15 is 0 Å². The quantitative estimate of drug-likeness (QED) is 0.776. The first kappa shape index (κ1) is 11.1. The molecule has 0 aliphatic carbocycles. The van der Waals surface area contributed by atoms with E-state index in [9.17, 15) is 14.6 Å². The molecule has 2 aromatic carbocycles. The zero-order chi connectivity index (χ0) is 12.3. The Bertz CT molecular complexity index is 550. The Balaban J connectivity index is 2.36. The van der Waals surface area contributed by atoms with Gasteiger partial charge >= 0.3 is 0 Å². The maximum atomic E-state index is 13.3. The van der Waals surface area contributed by atoms with Crippen LogP contribution in [0.3, 0.4) is 0 Å². The van der Waals surface area contributed by atoms with Gasteiger partial charge in [0.2, 0.25) is 0 Å². The number of hydrogen-bond donors (Lipinski definition) is 2. The van der Waals surface area contributed by atoms with Crippen LogP contribution in [0.4, 0.5) is 15.8 Å². The summed E-state index contributed by atoms with van der Waals surface area (Å²) in [6, 6.07) is 10.1. The lowest BCUT2D eigenvalue weighted by atomic mass is 10.3. The summed E-state index contributed by atoms with van der Waals surface area (Å²) in [5.41, 5.74) is -0.0501. The summed E-state index contributed by atoms with van der Waals surface area (Å²) >= 11 is 0. The predicted octanol–water partition coefficient (Wildman–Crippen LogP) is 3.65. The van der Waals surface area contributed by atoms with Crippen LogP contribution in [0, 0.1) is 5.82 Å². The molecule has 0 spiro atoms. The Morgan fingerprint density at radius 2 is 1.53 bits per heavy atom. The van der Waals surface area contributed by atoms with E-state index in [1.165, 1.54) is 30.3 Å². The minimum Gasteiger partial charge on any atom is -0.506 e. The highest BCUT2D eigenvalue weighted by Crippen LogP contribution is 2.32. The van der Waals surface area contributed by atoms with E-state index in [2.05, 4.69) is 10.2 Å². The first-order valence-corrected chi connectivity index (χ1v) is 4.85. The molecule has 17 heavy (non-hydrogen) atoms. The van der Waals surface area contributed by atoms with Crippen LogP contribution in [0.2, 0.25) is 0 Å². The molecule has 0 fully saturated rings. The van der Waals surface area contributed by atoms with E-state index in [4.69, 9.17) is 0 Å². The fourth-order valence-corrected chi connectivity index (χ4v) is 1.26. The highest BCUT2D eigenvalue weighted by Gasteiger charge is 2.06. The van der Waals surface area contributed by atoms with Crippen molar-refractivity contribution < 1.29 is 14.6 Å². The van der Waals surface area contributed by atoms with E-state index in [1.807, 2.05) is 0 Å². The van der Waals surface area contributed by atoms with Gasteiger partial charge < -0.3 is 10.2 Å². The number of azo groups is 1. The standard InChI is InChI=1S/C12H9FN2O2/c13-8-4-3-7-11(17)12(8)15-14-9-5-1-2-6-10(9)16/h1-7,16-17H. The van der Waals surface area contributed by atoms with Gasteiger partial charge in [-0.25, -0.2) is 4.39 Å². The average Bonchev–Trinajstić information content (AvgIpc) is 2.30. The Hall–Kier alpha value is -2.43. The van der Waals surface area contributed by atoms with Crippen molar-refractivity contribution in [3.05, 3.63) is 48.3 Å². The van der Waals surface area contributed by atoms with E-state index in [0.717, 1.165) is 0 Å². The molecule has 5 heteroatoms. The molecule has 2 N–H and O–H groups in total. The third kappa shape index (κ3) is 2.39. The Kier molecular flexibility index (Phi) is 3.00. The highest BCUT2D eigenvalue weighted by molar-refractivity contribution is 5.53. The largest absolute Gasteiger partial charge is 0.506 e. The number of phenolic OH excluding ortho intramolecular Hbond substituents is 2. The maximum absolute atomic E-state index is 13.3. The van der Waals surface area contributed by atoms with Gasteiger partial charge in [0.25, 0.3) is 0 Å². The Morgan fingerprint density at radius 1 is 0.824 bits per heavy atom. The highest BCUT2D eigenvalue weighted by atomic mass is 19.1. The van der Waals surface area contributed by atoms with Gasteiger partial charge in [0.15, 0.2) is 11.5 Å². The third-order valence-electron chi connectivity index (χ3n) is 2.10. The van der Waals surface area contributed by atoms with Crippen LogP contribution >= 0.6 is 0 Å². The zero-order valence-corrected chi connectivity index (χ0v) is 8.71. The van der Waals surface area contributed by atoms with Gasteiger partial charge in [0, 0.05) is 0 Å². The van der Waals surface area contributed by atoms with E-state index in [0.29, 0.717) is 0 Å². The lowest BCUT2D eigenvalue weighted by Crippen LogP contribution is -1.75. The van der Waals surface area contributed by atoms with Crippen LogP contribution in [0.1, 0.15) is 0 Å². The van der Waals surface area contributed by atoms with Crippen molar-refractivity contribution in [1.29, 1.82) is 0 Å². The molecular formula is C12H9FN2O2. The fraction of sp³-hybridized carbons (Fsp3) is 0. The van der Waals surface area contributed by atoms with Crippen molar-refractivity contribution in [2.45, 2.75) is 0 Å². The van der Waals surface area contributed by atoms with Crippen LogP contribution < -0.4 is 0 Å². The molecule has 0 saturated carbocycles. The number of phenols is 2. The second-order valence-corrected chi connectivity index (χ2v) is 3.30. The smallest absolute Gasteiger partial charge is 0.163 e. The summed E-state index contributed by atoms with van der Waals surface area (Å²) in [5, 5.41) is 26.0. The molecule has 0 heterocycles. The van der Waals surface area contributed by atoms with Gasteiger partial charge in [-0.3, -0.25) is 0 Å². The third-order valence-corrected chi connectivity index (χ3v) is 2.10. The summed E-state index contributed by atoms with van der Waals surface area (Å²) < 4.78 is 13.3. The Labute approximate surface area is 96.7 Å². The van der Waals surface area contributed by atoms with E-state index in [-0.39, 0.29) is 22.9 Å². The lowest BCUT2D eigenvalue weighted by molar-refractivity contribution is 0.469. The van der Waals surface area contributed by atoms with Crippen molar-refractivity contribution in [1.82, 2.24) is 0 Å². The molecule has 0 radical (unpaired) electrons. The van der Waals surface area contributed by atoms with Crippen LogP contribution in [0.25, 0.3) is 0 Å². The van der Waals surface area contributed by atoms with Crippen LogP contribution in [-0.4, -0.2) is 10.2 Å². The average molecular weight is 232 g/mol. The molecule has 4 nitrogen and oxygen atoms in total. The second-order valence-electron chi connectivity index (χ2n) is 3.30. The molecule has 2 rings (SSSR count). The first-order valence-electron chi connectivity index (χ1n) is 4.85. The van der Waals surface area contributed by atoms with Gasteiger partial charge in [-0.1, -0.05) is 18.2 Å². The molecule has 2 aromatic rings. The molecule has 0 aromatic heterocycles. The van der Waals surface area contributed by atoms with Gasteiger partial charge in [0.1, 0.15) is 17.2 Å². The molecule has 0 bridgehead atoms. The monoisotopic (exact) mass is 232 g/mol. The van der Waals surface area contributed by atoms with Gasteiger partial charge in [0.05, 0.1) is 0 Å². The Morgan fingerprint density at radius 3 is 2.24 bits per heavy atom. The van der Waals surface area contributed by atoms with E-state index < -0.39 is 5.82 Å². The minimum atomic E-state index is -0.677. The predicted molar refractivity (Wildman–Crippen MR) is 60.3 cm³/mol. The van der Waals surface area contributed by atoms with Gasteiger partial charge in [-0.2, -0.15) is 0 Å². The summed E-state index contributed by atoms with van der Waals surface area (Å²) in [6.45, 7) is 0. The van der Waals surface area contributed by atoms with Gasteiger partial charge in [-0.15, -0.1) is 10.2 Å². The number of rotatable bonds is 2. The molecule has 0 unspecified atom stereocenters.